The van der Waals surface area contributed by atoms with Gasteiger partial charge >= 0.3 is 0 Å². The lowest BCUT2D eigenvalue weighted by atomic mass is 10.3. The summed E-state index contributed by atoms with van der Waals surface area (Å²) >= 11 is 0. The minimum Gasteiger partial charge on any atom is -0.400 e. The van der Waals surface area contributed by atoms with Gasteiger partial charge in [-0.25, -0.2) is 0 Å². The summed E-state index contributed by atoms with van der Waals surface area (Å²) < 4.78 is 0. The predicted molar refractivity (Wildman–Crippen MR) is 72.9 cm³/mol. The Morgan fingerprint density at radius 2 is 1.88 bits per heavy atom. The first-order valence-corrected chi connectivity index (χ1v) is 5.98. The van der Waals surface area contributed by atoms with Crippen LogP contribution in [0.4, 0.5) is 0 Å². The van der Waals surface area contributed by atoms with Crippen LogP contribution >= 0.6 is 0 Å². The number of rotatable bonds is 3. The molecule has 0 aromatic heterocycles. The van der Waals surface area contributed by atoms with E-state index in [0.717, 1.165) is 26.6 Å². The molecular formula is C12H30N2O3. The molecule has 1 heterocycles. The van der Waals surface area contributed by atoms with Gasteiger partial charge in [0.25, 0.3) is 0 Å². The van der Waals surface area contributed by atoms with Gasteiger partial charge in [0, 0.05) is 33.8 Å². The van der Waals surface area contributed by atoms with Crippen molar-refractivity contribution in [3.05, 3.63) is 12.8 Å². The van der Waals surface area contributed by atoms with Crippen LogP contribution in [0.25, 0.3) is 0 Å². The fourth-order valence-corrected chi connectivity index (χ4v) is 1.16. The Morgan fingerprint density at radius 3 is 2.12 bits per heavy atom. The molecule has 1 rings (SSSR count). The SMILES string of the molecule is C=CNC.CC.CO.OCCN1CCC(O)C1. The average Bonchev–Trinajstić information content (AvgIpc) is 2.81. The van der Waals surface area contributed by atoms with E-state index in [0.29, 0.717) is 6.54 Å². The lowest BCUT2D eigenvalue weighted by molar-refractivity contribution is 0.164. The predicted octanol–water partition coefficient (Wildman–Crippen LogP) is 0.0293. The van der Waals surface area contributed by atoms with Crippen LogP contribution in [0.3, 0.4) is 0 Å². The van der Waals surface area contributed by atoms with Crippen LogP contribution in [0, 0.1) is 0 Å². The van der Waals surface area contributed by atoms with Crippen LogP contribution in [-0.4, -0.2) is 66.7 Å². The Morgan fingerprint density at radius 1 is 1.41 bits per heavy atom. The highest BCUT2D eigenvalue weighted by molar-refractivity contribution is 4.73. The Balaban J connectivity index is -0.000000208. The van der Waals surface area contributed by atoms with Gasteiger partial charge < -0.3 is 20.6 Å². The van der Waals surface area contributed by atoms with Crippen molar-refractivity contribution in [1.29, 1.82) is 0 Å². The summed E-state index contributed by atoms with van der Waals surface area (Å²) in [6.07, 6.45) is 2.33. The van der Waals surface area contributed by atoms with Gasteiger partial charge in [0.15, 0.2) is 0 Å². The Hall–Kier alpha value is -0.620. The zero-order chi connectivity index (χ0) is 14.1. The molecule has 0 radical (unpaired) electrons. The van der Waals surface area contributed by atoms with E-state index in [9.17, 15) is 0 Å². The minimum absolute atomic E-state index is 0.156. The summed E-state index contributed by atoms with van der Waals surface area (Å²) in [5, 5.41) is 27.2. The van der Waals surface area contributed by atoms with Gasteiger partial charge in [-0.2, -0.15) is 0 Å². The number of hydrogen-bond acceptors (Lipinski definition) is 5. The number of hydrogen-bond donors (Lipinski definition) is 4. The van der Waals surface area contributed by atoms with Gasteiger partial charge in [-0.1, -0.05) is 20.4 Å². The molecule has 106 valence electrons. The first kappa shape index (κ1) is 21.6. The third kappa shape index (κ3) is 18.0. The molecule has 4 N–H and O–H groups in total. The van der Waals surface area contributed by atoms with E-state index < -0.39 is 0 Å². The lowest BCUT2D eigenvalue weighted by Crippen LogP contribution is -2.25. The summed E-state index contributed by atoms with van der Waals surface area (Å²) in [6.45, 7) is 9.94. The Bertz CT molecular complexity index is 133. The second kappa shape index (κ2) is 20.8. The normalized spacial score (nSPS) is 17.5. The van der Waals surface area contributed by atoms with Crippen molar-refractivity contribution >= 4 is 0 Å². The number of aliphatic hydroxyl groups excluding tert-OH is 3. The topological polar surface area (TPSA) is 76.0 Å². The summed E-state index contributed by atoms with van der Waals surface area (Å²) in [5.74, 6) is 0. The van der Waals surface area contributed by atoms with Crippen LogP contribution < -0.4 is 5.32 Å². The third-order valence-corrected chi connectivity index (χ3v) is 1.87. The van der Waals surface area contributed by atoms with E-state index in [1.54, 1.807) is 6.20 Å². The van der Waals surface area contributed by atoms with Crippen molar-refractivity contribution in [2.24, 2.45) is 0 Å². The van der Waals surface area contributed by atoms with Gasteiger partial charge in [-0.05, 0) is 12.6 Å². The summed E-state index contributed by atoms with van der Waals surface area (Å²) in [6, 6.07) is 0. The Kier molecular flexibility index (Phi) is 26.4. The van der Waals surface area contributed by atoms with E-state index in [1.165, 1.54) is 0 Å². The standard InChI is InChI=1S/C6H13NO2.C3H7N.C2H6.CH4O/c8-4-3-7-2-1-6(9)5-7;1-3-4-2;2*1-2/h6,8-9H,1-5H2;3-4H,1H2,2H3;1-2H3;2H,1H3. The first-order valence-electron chi connectivity index (χ1n) is 5.98. The van der Waals surface area contributed by atoms with Crippen LogP contribution in [-0.2, 0) is 0 Å². The number of nitrogens with zero attached hydrogens (tertiary/aromatic N) is 1. The van der Waals surface area contributed by atoms with Crippen molar-refractivity contribution in [3.8, 4) is 0 Å². The Labute approximate surface area is 106 Å². The monoisotopic (exact) mass is 250 g/mol. The zero-order valence-electron chi connectivity index (χ0n) is 11.7. The molecule has 1 saturated heterocycles. The molecule has 1 atom stereocenters. The van der Waals surface area contributed by atoms with Crippen molar-refractivity contribution in [3.63, 3.8) is 0 Å². The molecule has 1 aliphatic rings. The van der Waals surface area contributed by atoms with E-state index >= 15 is 0 Å². The smallest absolute Gasteiger partial charge is 0.0679 e. The van der Waals surface area contributed by atoms with E-state index in [2.05, 4.69) is 16.8 Å². The molecule has 1 aliphatic heterocycles. The molecule has 0 amide bonds. The number of likely N-dealkylation sites (tertiary alicyclic amines) is 1. The molecular weight excluding hydrogens is 220 g/mol. The van der Waals surface area contributed by atoms with Gasteiger partial charge in [-0.3, -0.25) is 4.90 Å². The minimum atomic E-state index is -0.156. The number of β-amino-alcohol motifs (C(OH)–C–C–N with tert-alkyl or cyclic N) is 2. The highest BCUT2D eigenvalue weighted by Crippen LogP contribution is 2.06. The van der Waals surface area contributed by atoms with Crippen molar-refractivity contribution in [1.82, 2.24) is 10.2 Å². The molecule has 0 aromatic rings. The zero-order valence-corrected chi connectivity index (χ0v) is 11.7. The van der Waals surface area contributed by atoms with E-state index in [1.807, 2.05) is 20.9 Å². The number of aliphatic hydroxyl groups is 3. The highest BCUT2D eigenvalue weighted by atomic mass is 16.3. The van der Waals surface area contributed by atoms with Gasteiger partial charge in [0.1, 0.15) is 0 Å². The maximum absolute atomic E-state index is 9.00. The molecule has 5 heteroatoms. The first-order chi connectivity index (χ1) is 8.24. The highest BCUT2D eigenvalue weighted by Gasteiger charge is 2.18. The molecule has 1 unspecified atom stereocenters. The molecule has 0 bridgehead atoms. The quantitative estimate of drug-likeness (QED) is 0.568. The van der Waals surface area contributed by atoms with Crippen LogP contribution in [0.2, 0.25) is 0 Å². The van der Waals surface area contributed by atoms with Gasteiger partial charge in [0.05, 0.1) is 12.7 Å². The second-order valence-electron chi connectivity index (χ2n) is 2.96. The van der Waals surface area contributed by atoms with Crippen molar-refractivity contribution < 1.29 is 15.3 Å². The maximum Gasteiger partial charge on any atom is 0.0679 e. The number of nitrogens with one attached hydrogen (secondary N) is 1. The summed E-state index contributed by atoms with van der Waals surface area (Å²) in [5.41, 5.74) is 0. The van der Waals surface area contributed by atoms with Gasteiger partial charge in [-0.15, -0.1) is 0 Å². The van der Waals surface area contributed by atoms with E-state index in [4.69, 9.17) is 15.3 Å². The van der Waals surface area contributed by atoms with E-state index in [-0.39, 0.29) is 12.7 Å². The molecule has 0 aromatic carbocycles. The molecule has 5 nitrogen and oxygen atoms in total. The van der Waals surface area contributed by atoms with Crippen LogP contribution in [0.1, 0.15) is 20.3 Å². The fourth-order valence-electron chi connectivity index (χ4n) is 1.16. The van der Waals surface area contributed by atoms with Crippen LogP contribution in [0.15, 0.2) is 12.8 Å². The lowest BCUT2D eigenvalue weighted by Gasteiger charge is -2.11. The summed E-state index contributed by atoms with van der Waals surface area (Å²) in [4.78, 5) is 2.06. The maximum atomic E-state index is 9.00. The molecule has 0 saturated carbocycles. The van der Waals surface area contributed by atoms with Crippen molar-refractivity contribution in [2.45, 2.75) is 26.4 Å². The summed E-state index contributed by atoms with van der Waals surface area (Å²) in [7, 11) is 2.81. The second-order valence-corrected chi connectivity index (χ2v) is 2.96. The van der Waals surface area contributed by atoms with Crippen LogP contribution in [0.5, 0.6) is 0 Å². The molecule has 1 fully saturated rings. The van der Waals surface area contributed by atoms with Gasteiger partial charge in [0.2, 0.25) is 0 Å². The fraction of sp³-hybridized carbons (Fsp3) is 0.833. The molecule has 0 aliphatic carbocycles. The average molecular weight is 250 g/mol. The third-order valence-electron chi connectivity index (χ3n) is 1.87. The molecule has 0 spiro atoms. The largest absolute Gasteiger partial charge is 0.400 e. The molecule has 17 heavy (non-hydrogen) atoms. The van der Waals surface area contributed by atoms with Crippen molar-refractivity contribution in [2.75, 3.05) is 40.4 Å².